The summed E-state index contributed by atoms with van der Waals surface area (Å²) in [7, 11) is 0. The van der Waals surface area contributed by atoms with E-state index in [1.807, 2.05) is 18.2 Å². The minimum Gasteiger partial charge on any atom is -0.252 e. The third-order valence-corrected chi connectivity index (χ3v) is 5.85. The molecule has 23 heavy (non-hydrogen) atoms. The summed E-state index contributed by atoms with van der Waals surface area (Å²) in [6.45, 7) is 2.05. The summed E-state index contributed by atoms with van der Waals surface area (Å²) in [5.74, 6) is 0. The Bertz CT molecular complexity index is 1240. The normalized spacial score (nSPS) is 11.9. The molecule has 2 aromatic carbocycles. The molecule has 2 nitrogen and oxygen atoms in total. The molecule has 0 amide bonds. The van der Waals surface area contributed by atoms with Gasteiger partial charge in [0.05, 0.1) is 15.7 Å². The van der Waals surface area contributed by atoms with Crippen LogP contribution in [0.1, 0.15) is 5.69 Å². The highest BCUT2D eigenvalue weighted by Gasteiger charge is 2.17. The Hall–Kier alpha value is -2.23. The van der Waals surface area contributed by atoms with Gasteiger partial charge in [-0.05, 0) is 19.1 Å². The SMILES string of the molecule is Cc1nc2ccccc2c2nc(Cl)c3sc4ccccc4c3c12. The summed E-state index contributed by atoms with van der Waals surface area (Å²) in [6, 6.07) is 16.5. The maximum atomic E-state index is 6.54. The topological polar surface area (TPSA) is 25.8 Å². The summed E-state index contributed by atoms with van der Waals surface area (Å²) in [5.41, 5.74) is 2.89. The van der Waals surface area contributed by atoms with Gasteiger partial charge in [0, 0.05) is 31.9 Å². The van der Waals surface area contributed by atoms with E-state index in [1.54, 1.807) is 11.3 Å². The van der Waals surface area contributed by atoms with Gasteiger partial charge in [-0.3, -0.25) is 4.98 Å². The summed E-state index contributed by atoms with van der Waals surface area (Å²) in [5, 5.41) is 5.13. The monoisotopic (exact) mass is 334 g/mol. The molecule has 0 fully saturated rings. The lowest BCUT2D eigenvalue weighted by atomic mass is 10.0. The molecule has 0 atom stereocenters. The van der Waals surface area contributed by atoms with Gasteiger partial charge in [0.2, 0.25) is 0 Å². The molecule has 0 saturated carbocycles. The van der Waals surface area contributed by atoms with Crippen molar-refractivity contribution in [3.8, 4) is 0 Å². The van der Waals surface area contributed by atoms with Gasteiger partial charge >= 0.3 is 0 Å². The van der Waals surface area contributed by atoms with Crippen molar-refractivity contribution in [2.75, 3.05) is 0 Å². The number of hydrogen-bond acceptors (Lipinski definition) is 3. The van der Waals surface area contributed by atoms with Crippen molar-refractivity contribution in [1.82, 2.24) is 9.97 Å². The van der Waals surface area contributed by atoms with Gasteiger partial charge in [0.25, 0.3) is 0 Å². The molecule has 0 aliphatic rings. The smallest absolute Gasteiger partial charge is 0.147 e. The minimum atomic E-state index is 0.574. The van der Waals surface area contributed by atoms with Gasteiger partial charge in [0.15, 0.2) is 0 Å². The first-order valence-electron chi connectivity index (χ1n) is 7.40. The van der Waals surface area contributed by atoms with Gasteiger partial charge in [0.1, 0.15) is 5.15 Å². The van der Waals surface area contributed by atoms with Crippen molar-refractivity contribution < 1.29 is 0 Å². The van der Waals surface area contributed by atoms with Crippen LogP contribution in [0.4, 0.5) is 0 Å². The highest BCUT2D eigenvalue weighted by atomic mass is 35.5. The highest BCUT2D eigenvalue weighted by molar-refractivity contribution is 7.26. The zero-order valence-electron chi connectivity index (χ0n) is 12.3. The molecule has 3 aromatic heterocycles. The second-order valence-electron chi connectivity index (χ2n) is 5.64. The van der Waals surface area contributed by atoms with Crippen LogP contribution in [0, 0.1) is 6.92 Å². The molecule has 0 spiro atoms. The number of pyridine rings is 2. The number of aryl methyl sites for hydroxylation is 1. The molecule has 0 unspecified atom stereocenters. The molecule has 0 N–H and O–H groups in total. The van der Waals surface area contributed by atoms with Crippen molar-refractivity contribution in [2.45, 2.75) is 6.92 Å². The number of para-hydroxylation sites is 1. The maximum Gasteiger partial charge on any atom is 0.147 e. The standard InChI is InChI=1S/C19H11ClN2S/c1-10-15-16-12-7-3-5-9-14(12)23-18(16)19(20)22-17(15)11-6-2-4-8-13(11)21-10/h2-9H,1H3. The second kappa shape index (κ2) is 4.63. The summed E-state index contributed by atoms with van der Waals surface area (Å²) in [4.78, 5) is 9.52. The van der Waals surface area contributed by atoms with Crippen LogP contribution in [-0.2, 0) is 0 Å². The molecule has 0 aliphatic carbocycles. The van der Waals surface area contributed by atoms with Gasteiger partial charge in [-0.15, -0.1) is 11.3 Å². The van der Waals surface area contributed by atoms with E-state index in [2.05, 4.69) is 37.3 Å². The molecule has 5 aromatic rings. The second-order valence-corrected chi connectivity index (χ2v) is 7.05. The van der Waals surface area contributed by atoms with Crippen LogP contribution in [0.2, 0.25) is 5.15 Å². The summed E-state index contributed by atoms with van der Waals surface area (Å²) < 4.78 is 2.27. The fraction of sp³-hybridized carbons (Fsp3) is 0.0526. The Balaban J connectivity index is 2.18. The van der Waals surface area contributed by atoms with E-state index in [9.17, 15) is 0 Å². The quantitative estimate of drug-likeness (QED) is 0.252. The van der Waals surface area contributed by atoms with E-state index in [1.165, 1.54) is 15.5 Å². The van der Waals surface area contributed by atoms with E-state index in [4.69, 9.17) is 21.6 Å². The molecule has 0 saturated heterocycles. The number of rotatable bonds is 0. The highest BCUT2D eigenvalue weighted by Crippen LogP contribution is 2.42. The molecule has 0 aliphatic heterocycles. The van der Waals surface area contributed by atoms with Crippen molar-refractivity contribution >= 4 is 64.9 Å². The van der Waals surface area contributed by atoms with Crippen LogP contribution in [-0.4, -0.2) is 9.97 Å². The number of benzene rings is 2. The molecule has 4 heteroatoms. The van der Waals surface area contributed by atoms with Gasteiger partial charge in [-0.1, -0.05) is 48.0 Å². The Morgan fingerprint density at radius 2 is 1.61 bits per heavy atom. The lowest BCUT2D eigenvalue weighted by Gasteiger charge is -2.08. The third-order valence-electron chi connectivity index (χ3n) is 4.29. The third kappa shape index (κ3) is 1.75. The molecule has 0 bridgehead atoms. The van der Waals surface area contributed by atoms with Gasteiger partial charge in [-0.25, -0.2) is 4.98 Å². The number of hydrogen-bond donors (Lipinski definition) is 0. The van der Waals surface area contributed by atoms with Crippen LogP contribution in [0.3, 0.4) is 0 Å². The van der Waals surface area contributed by atoms with Crippen molar-refractivity contribution in [3.05, 3.63) is 59.4 Å². The van der Waals surface area contributed by atoms with E-state index in [0.29, 0.717) is 5.15 Å². The van der Waals surface area contributed by atoms with Gasteiger partial charge in [-0.2, -0.15) is 0 Å². The number of fused-ring (bicyclic) bond motifs is 7. The van der Waals surface area contributed by atoms with E-state index in [0.717, 1.165) is 32.2 Å². The van der Waals surface area contributed by atoms with Crippen LogP contribution in [0.15, 0.2) is 48.5 Å². The van der Waals surface area contributed by atoms with E-state index >= 15 is 0 Å². The zero-order valence-corrected chi connectivity index (χ0v) is 13.9. The average molecular weight is 335 g/mol. The first kappa shape index (κ1) is 13.2. The molecule has 5 rings (SSSR count). The van der Waals surface area contributed by atoms with E-state index < -0.39 is 0 Å². The lowest BCUT2D eigenvalue weighted by molar-refractivity contribution is 1.28. The molecule has 110 valence electrons. The maximum absolute atomic E-state index is 6.54. The molecular weight excluding hydrogens is 324 g/mol. The van der Waals surface area contributed by atoms with Crippen LogP contribution in [0.5, 0.6) is 0 Å². The zero-order chi connectivity index (χ0) is 15.6. The molecular formula is C19H11ClN2S. The average Bonchev–Trinajstić information content (AvgIpc) is 2.95. The Morgan fingerprint density at radius 3 is 2.48 bits per heavy atom. The molecule has 0 radical (unpaired) electrons. The molecule has 3 heterocycles. The largest absolute Gasteiger partial charge is 0.252 e. The first-order chi connectivity index (χ1) is 11.2. The predicted octanol–water partition coefficient (Wildman–Crippen LogP) is 6.11. The number of thiophene rings is 1. The van der Waals surface area contributed by atoms with Crippen LogP contribution in [0.25, 0.3) is 42.0 Å². The van der Waals surface area contributed by atoms with E-state index in [-0.39, 0.29) is 0 Å². The number of halogens is 1. The van der Waals surface area contributed by atoms with Crippen molar-refractivity contribution in [3.63, 3.8) is 0 Å². The Labute approximate surface area is 141 Å². The van der Waals surface area contributed by atoms with Crippen LogP contribution < -0.4 is 0 Å². The first-order valence-corrected chi connectivity index (χ1v) is 8.59. The summed E-state index contributed by atoms with van der Waals surface area (Å²) in [6.07, 6.45) is 0. The Morgan fingerprint density at radius 1 is 0.870 bits per heavy atom. The number of nitrogens with zero attached hydrogens (tertiary/aromatic N) is 2. The predicted molar refractivity (Wildman–Crippen MR) is 99.7 cm³/mol. The van der Waals surface area contributed by atoms with Gasteiger partial charge < -0.3 is 0 Å². The Kier molecular flexibility index (Phi) is 2.67. The fourth-order valence-corrected chi connectivity index (χ4v) is 4.70. The minimum absolute atomic E-state index is 0.574. The summed E-state index contributed by atoms with van der Waals surface area (Å²) >= 11 is 8.23. The van der Waals surface area contributed by atoms with Crippen LogP contribution >= 0.6 is 22.9 Å². The lowest BCUT2D eigenvalue weighted by Crippen LogP contribution is -1.91. The van der Waals surface area contributed by atoms with Crippen molar-refractivity contribution in [2.24, 2.45) is 0 Å². The number of aromatic nitrogens is 2. The van der Waals surface area contributed by atoms with Crippen molar-refractivity contribution in [1.29, 1.82) is 0 Å². The fourth-order valence-electron chi connectivity index (χ4n) is 3.32.